The normalized spacial score (nSPS) is 15.8. The number of carbonyl (C=O) groups excluding carboxylic acids is 2. The molecule has 0 bridgehead atoms. The van der Waals surface area contributed by atoms with Crippen LogP contribution in [0.2, 0.25) is 0 Å². The monoisotopic (exact) mass is 249 g/mol. The summed E-state index contributed by atoms with van der Waals surface area (Å²) in [4.78, 5) is 29.0. The highest BCUT2D eigenvalue weighted by atomic mass is 16.5. The predicted octanol–water partition coefficient (Wildman–Crippen LogP) is 0.0523. The second kappa shape index (κ2) is 5.48. The van der Waals surface area contributed by atoms with Crippen LogP contribution < -0.4 is 10.1 Å². The molecule has 96 valence electrons. The van der Waals surface area contributed by atoms with Crippen LogP contribution in [0.1, 0.15) is 16.8 Å². The summed E-state index contributed by atoms with van der Waals surface area (Å²) in [5, 5.41) is 2.73. The number of hydrogen-bond acceptors (Lipinski definition) is 4. The molecule has 1 saturated heterocycles. The molecule has 0 radical (unpaired) electrons. The largest absolute Gasteiger partial charge is 0.481 e. The molecule has 6 heteroatoms. The SMILES string of the molecule is COc1ccc(C(=O)N2CCNC(=O)CC2)cn1. The molecule has 2 amide bonds. The molecule has 6 nitrogen and oxygen atoms in total. The number of rotatable bonds is 2. The van der Waals surface area contributed by atoms with Gasteiger partial charge in [-0.2, -0.15) is 0 Å². The van der Waals surface area contributed by atoms with Crippen molar-refractivity contribution in [3.8, 4) is 5.88 Å². The highest BCUT2D eigenvalue weighted by Gasteiger charge is 2.19. The first kappa shape index (κ1) is 12.3. The van der Waals surface area contributed by atoms with Crippen molar-refractivity contribution in [3.63, 3.8) is 0 Å². The first-order chi connectivity index (χ1) is 8.70. The zero-order valence-corrected chi connectivity index (χ0v) is 10.2. The van der Waals surface area contributed by atoms with Crippen molar-refractivity contribution in [1.82, 2.24) is 15.2 Å². The summed E-state index contributed by atoms with van der Waals surface area (Å²) in [5.41, 5.74) is 0.505. The number of amides is 2. The predicted molar refractivity (Wildman–Crippen MR) is 64.3 cm³/mol. The summed E-state index contributed by atoms with van der Waals surface area (Å²) in [6, 6.07) is 3.32. The van der Waals surface area contributed by atoms with Crippen molar-refractivity contribution in [1.29, 1.82) is 0 Å². The fourth-order valence-electron chi connectivity index (χ4n) is 1.78. The molecular formula is C12H15N3O3. The molecule has 0 aromatic carbocycles. The first-order valence-corrected chi connectivity index (χ1v) is 5.76. The summed E-state index contributed by atoms with van der Waals surface area (Å²) in [6.45, 7) is 1.46. The van der Waals surface area contributed by atoms with E-state index in [1.165, 1.54) is 13.3 Å². The van der Waals surface area contributed by atoms with Crippen molar-refractivity contribution in [3.05, 3.63) is 23.9 Å². The molecule has 1 aliphatic heterocycles. The lowest BCUT2D eigenvalue weighted by atomic mass is 10.2. The van der Waals surface area contributed by atoms with E-state index in [1.807, 2.05) is 0 Å². The summed E-state index contributed by atoms with van der Waals surface area (Å²) in [6.07, 6.45) is 1.83. The Kier molecular flexibility index (Phi) is 3.76. The highest BCUT2D eigenvalue weighted by Crippen LogP contribution is 2.10. The summed E-state index contributed by atoms with van der Waals surface area (Å²) >= 11 is 0. The molecule has 0 unspecified atom stereocenters. The summed E-state index contributed by atoms with van der Waals surface area (Å²) in [7, 11) is 1.52. The number of nitrogens with one attached hydrogen (secondary N) is 1. The van der Waals surface area contributed by atoms with E-state index in [0.717, 1.165) is 0 Å². The maximum atomic E-state index is 12.2. The Morgan fingerprint density at radius 2 is 2.28 bits per heavy atom. The number of ether oxygens (including phenoxy) is 1. The lowest BCUT2D eigenvalue weighted by Crippen LogP contribution is -2.34. The van der Waals surface area contributed by atoms with E-state index in [1.54, 1.807) is 17.0 Å². The van der Waals surface area contributed by atoms with Crippen molar-refractivity contribution < 1.29 is 14.3 Å². The Balaban J connectivity index is 2.07. The van der Waals surface area contributed by atoms with E-state index < -0.39 is 0 Å². The summed E-state index contributed by atoms with van der Waals surface area (Å²) < 4.78 is 4.94. The smallest absolute Gasteiger partial charge is 0.255 e. The molecule has 1 aromatic rings. The van der Waals surface area contributed by atoms with Gasteiger partial charge in [0.1, 0.15) is 0 Å². The van der Waals surface area contributed by atoms with Crippen molar-refractivity contribution >= 4 is 11.8 Å². The second-order valence-corrected chi connectivity index (χ2v) is 3.98. The minimum Gasteiger partial charge on any atom is -0.481 e. The number of carbonyl (C=O) groups is 2. The zero-order valence-electron chi connectivity index (χ0n) is 10.2. The Morgan fingerprint density at radius 1 is 1.44 bits per heavy atom. The average Bonchev–Trinajstić information content (AvgIpc) is 2.63. The number of hydrogen-bond donors (Lipinski definition) is 1. The molecule has 1 fully saturated rings. The molecule has 0 atom stereocenters. The minimum absolute atomic E-state index is 0.0156. The van der Waals surface area contributed by atoms with Crippen molar-refractivity contribution in [2.45, 2.75) is 6.42 Å². The number of nitrogens with zero attached hydrogens (tertiary/aromatic N) is 2. The van der Waals surface area contributed by atoms with Gasteiger partial charge in [0.2, 0.25) is 11.8 Å². The third-order valence-corrected chi connectivity index (χ3v) is 2.79. The van der Waals surface area contributed by atoms with Crippen LogP contribution >= 0.6 is 0 Å². The van der Waals surface area contributed by atoms with E-state index in [4.69, 9.17) is 4.74 Å². The highest BCUT2D eigenvalue weighted by molar-refractivity contribution is 5.94. The van der Waals surface area contributed by atoms with Crippen molar-refractivity contribution in [2.24, 2.45) is 0 Å². The Hall–Kier alpha value is -2.11. The maximum absolute atomic E-state index is 12.2. The standard InChI is InChI=1S/C12H15N3O3/c1-18-11-3-2-9(8-14-11)12(17)15-6-4-10(16)13-5-7-15/h2-3,8H,4-7H2,1H3,(H,13,16). The number of pyridine rings is 1. The van der Waals surface area contributed by atoms with Gasteiger partial charge in [0, 0.05) is 38.3 Å². The van der Waals surface area contributed by atoms with Gasteiger partial charge in [-0.05, 0) is 6.07 Å². The van der Waals surface area contributed by atoms with Crippen molar-refractivity contribution in [2.75, 3.05) is 26.7 Å². The fraction of sp³-hybridized carbons (Fsp3) is 0.417. The number of methoxy groups -OCH3 is 1. The van der Waals surface area contributed by atoms with E-state index in [9.17, 15) is 9.59 Å². The van der Waals surface area contributed by atoms with Gasteiger partial charge in [-0.1, -0.05) is 0 Å². The third kappa shape index (κ3) is 2.77. The van der Waals surface area contributed by atoms with Crippen LogP contribution in [0.15, 0.2) is 18.3 Å². The fourth-order valence-corrected chi connectivity index (χ4v) is 1.78. The second-order valence-electron chi connectivity index (χ2n) is 3.98. The van der Waals surface area contributed by atoms with E-state index >= 15 is 0 Å². The maximum Gasteiger partial charge on any atom is 0.255 e. The Morgan fingerprint density at radius 3 is 2.94 bits per heavy atom. The minimum atomic E-state index is -0.110. The first-order valence-electron chi connectivity index (χ1n) is 5.76. The molecule has 1 N–H and O–H groups in total. The molecule has 2 rings (SSSR count). The van der Waals surface area contributed by atoms with Crippen LogP contribution in [0.4, 0.5) is 0 Å². The lowest BCUT2D eigenvalue weighted by Gasteiger charge is -2.19. The van der Waals surface area contributed by atoms with Crippen LogP contribution in [0, 0.1) is 0 Å². The molecule has 0 spiro atoms. The zero-order chi connectivity index (χ0) is 13.0. The Labute approximate surface area is 105 Å². The van der Waals surface area contributed by atoms with Gasteiger partial charge in [-0.25, -0.2) is 4.98 Å². The average molecular weight is 249 g/mol. The van der Waals surface area contributed by atoms with E-state index in [0.29, 0.717) is 37.5 Å². The molecule has 0 saturated carbocycles. The molecular weight excluding hydrogens is 234 g/mol. The van der Waals surface area contributed by atoms with Crippen LogP contribution in [-0.4, -0.2) is 48.4 Å². The topological polar surface area (TPSA) is 71.5 Å². The van der Waals surface area contributed by atoms with Crippen LogP contribution in [-0.2, 0) is 4.79 Å². The quantitative estimate of drug-likeness (QED) is 0.804. The van der Waals surface area contributed by atoms with Gasteiger partial charge in [0.05, 0.1) is 12.7 Å². The van der Waals surface area contributed by atoms with Crippen LogP contribution in [0.3, 0.4) is 0 Å². The van der Waals surface area contributed by atoms with Gasteiger partial charge in [0.25, 0.3) is 5.91 Å². The van der Waals surface area contributed by atoms with Gasteiger partial charge >= 0.3 is 0 Å². The molecule has 2 heterocycles. The van der Waals surface area contributed by atoms with Crippen LogP contribution in [0.5, 0.6) is 5.88 Å². The lowest BCUT2D eigenvalue weighted by molar-refractivity contribution is -0.120. The molecule has 1 aromatic heterocycles. The molecule has 0 aliphatic carbocycles. The van der Waals surface area contributed by atoms with Crippen LogP contribution in [0.25, 0.3) is 0 Å². The van der Waals surface area contributed by atoms with E-state index in [-0.39, 0.29) is 11.8 Å². The van der Waals surface area contributed by atoms with E-state index in [2.05, 4.69) is 10.3 Å². The van der Waals surface area contributed by atoms with Gasteiger partial charge in [-0.3, -0.25) is 9.59 Å². The Bertz CT molecular complexity index is 444. The third-order valence-electron chi connectivity index (χ3n) is 2.79. The van der Waals surface area contributed by atoms with Gasteiger partial charge in [0.15, 0.2) is 0 Å². The molecule has 1 aliphatic rings. The van der Waals surface area contributed by atoms with Gasteiger partial charge < -0.3 is 15.0 Å². The van der Waals surface area contributed by atoms with Gasteiger partial charge in [-0.15, -0.1) is 0 Å². The summed E-state index contributed by atoms with van der Waals surface area (Å²) in [5.74, 6) is 0.346. The number of aromatic nitrogens is 1. The molecule has 18 heavy (non-hydrogen) atoms.